The standard InChI is InChI=1S/C16H10O5/c17-13-9-14(18)21-16-11(7-4-8-12(16)20-13)15(19)10-5-2-1-3-6-10/h1-8H,9H2. The van der Waals surface area contributed by atoms with Gasteiger partial charge in [0.25, 0.3) is 0 Å². The molecule has 1 heterocycles. The van der Waals surface area contributed by atoms with Gasteiger partial charge in [-0.25, -0.2) is 0 Å². The van der Waals surface area contributed by atoms with E-state index in [9.17, 15) is 14.4 Å². The van der Waals surface area contributed by atoms with Crippen molar-refractivity contribution in [2.45, 2.75) is 6.42 Å². The lowest BCUT2D eigenvalue weighted by molar-refractivity contribution is -0.142. The number of fused-ring (bicyclic) bond motifs is 1. The molecule has 21 heavy (non-hydrogen) atoms. The highest BCUT2D eigenvalue weighted by molar-refractivity contribution is 6.12. The number of para-hydroxylation sites is 1. The fourth-order valence-electron chi connectivity index (χ4n) is 2.05. The molecule has 2 aromatic rings. The molecule has 0 aromatic heterocycles. The number of hydrogen-bond donors (Lipinski definition) is 0. The first-order chi connectivity index (χ1) is 10.1. The van der Waals surface area contributed by atoms with Crippen LogP contribution in [0.5, 0.6) is 11.5 Å². The van der Waals surface area contributed by atoms with Crippen LogP contribution in [-0.2, 0) is 9.59 Å². The molecule has 3 rings (SSSR count). The molecule has 1 aliphatic rings. The monoisotopic (exact) mass is 282 g/mol. The summed E-state index contributed by atoms with van der Waals surface area (Å²) in [5.41, 5.74) is 0.638. The maximum Gasteiger partial charge on any atom is 0.322 e. The third-order valence-electron chi connectivity index (χ3n) is 2.99. The first-order valence-corrected chi connectivity index (χ1v) is 6.29. The Morgan fingerprint density at radius 2 is 1.57 bits per heavy atom. The van der Waals surface area contributed by atoms with Crippen molar-refractivity contribution >= 4 is 17.7 Å². The van der Waals surface area contributed by atoms with E-state index in [0.29, 0.717) is 5.56 Å². The van der Waals surface area contributed by atoms with E-state index >= 15 is 0 Å². The van der Waals surface area contributed by atoms with Crippen molar-refractivity contribution in [1.29, 1.82) is 0 Å². The van der Waals surface area contributed by atoms with Crippen LogP contribution in [0.15, 0.2) is 48.5 Å². The van der Waals surface area contributed by atoms with Gasteiger partial charge >= 0.3 is 11.9 Å². The summed E-state index contributed by atoms with van der Waals surface area (Å²) in [5.74, 6) is -1.69. The summed E-state index contributed by atoms with van der Waals surface area (Å²) in [6.07, 6.45) is -0.479. The van der Waals surface area contributed by atoms with E-state index in [2.05, 4.69) is 0 Å². The van der Waals surface area contributed by atoms with E-state index in [1.807, 2.05) is 0 Å². The van der Waals surface area contributed by atoms with Crippen molar-refractivity contribution in [3.8, 4) is 11.5 Å². The van der Waals surface area contributed by atoms with Crippen LogP contribution in [0.3, 0.4) is 0 Å². The van der Waals surface area contributed by atoms with Crippen LogP contribution >= 0.6 is 0 Å². The minimum Gasteiger partial charge on any atom is -0.422 e. The number of esters is 2. The molecule has 0 unspecified atom stereocenters. The lowest BCUT2D eigenvalue weighted by atomic mass is 10.0. The van der Waals surface area contributed by atoms with Crippen molar-refractivity contribution < 1.29 is 23.9 Å². The second kappa shape index (κ2) is 5.20. The van der Waals surface area contributed by atoms with Gasteiger partial charge in [-0.2, -0.15) is 0 Å². The first kappa shape index (κ1) is 13.1. The van der Waals surface area contributed by atoms with E-state index < -0.39 is 18.4 Å². The minimum absolute atomic E-state index is 0.0118. The van der Waals surface area contributed by atoms with Gasteiger partial charge in [0.05, 0.1) is 5.56 Å². The second-order valence-electron chi connectivity index (χ2n) is 4.45. The third-order valence-corrected chi connectivity index (χ3v) is 2.99. The van der Waals surface area contributed by atoms with Crippen LogP contribution in [0, 0.1) is 0 Å². The zero-order chi connectivity index (χ0) is 14.8. The molecule has 0 saturated carbocycles. The molecule has 0 N–H and O–H groups in total. The fraction of sp³-hybridized carbons (Fsp3) is 0.0625. The largest absolute Gasteiger partial charge is 0.422 e. The summed E-state index contributed by atoms with van der Waals surface area (Å²) < 4.78 is 10.1. The molecular weight excluding hydrogens is 272 g/mol. The van der Waals surface area contributed by atoms with Gasteiger partial charge < -0.3 is 9.47 Å². The number of hydrogen-bond acceptors (Lipinski definition) is 5. The summed E-state index contributed by atoms with van der Waals surface area (Å²) in [6, 6.07) is 13.2. The van der Waals surface area contributed by atoms with E-state index in [4.69, 9.17) is 9.47 Å². The topological polar surface area (TPSA) is 69.7 Å². The molecule has 0 saturated heterocycles. The highest BCUT2D eigenvalue weighted by atomic mass is 16.6. The summed E-state index contributed by atoms with van der Waals surface area (Å²) >= 11 is 0. The number of rotatable bonds is 2. The average molecular weight is 282 g/mol. The molecule has 5 nitrogen and oxygen atoms in total. The summed E-state index contributed by atoms with van der Waals surface area (Å²) in [7, 11) is 0. The summed E-state index contributed by atoms with van der Waals surface area (Å²) in [5, 5.41) is 0. The van der Waals surface area contributed by atoms with E-state index in [1.165, 1.54) is 12.1 Å². The van der Waals surface area contributed by atoms with E-state index in [0.717, 1.165) is 0 Å². The van der Waals surface area contributed by atoms with Crippen molar-refractivity contribution in [2.24, 2.45) is 0 Å². The molecule has 0 aliphatic carbocycles. The second-order valence-corrected chi connectivity index (χ2v) is 4.45. The highest BCUT2D eigenvalue weighted by Gasteiger charge is 2.27. The molecule has 0 amide bonds. The lowest BCUT2D eigenvalue weighted by Gasteiger charge is -2.09. The Kier molecular flexibility index (Phi) is 3.23. The van der Waals surface area contributed by atoms with Gasteiger partial charge in [0.15, 0.2) is 17.3 Å². The maximum absolute atomic E-state index is 12.5. The molecule has 0 bridgehead atoms. The van der Waals surface area contributed by atoms with Crippen LogP contribution < -0.4 is 9.47 Å². The Bertz CT molecular complexity index is 734. The van der Waals surface area contributed by atoms with E-state index in [-0.39, 0.29) is 22.8 Å². The number of ketones is 1. The molecule has 1 aliphatic heterocycles. The molecule has 0 atom stereocenters. The molecule has 0 spiro atoms. The van der Waals surface area contributed by atoms with Crippen LogP contribution in [0.4, 0.5) is 0 Å². The highest BCUT2D eigenvalue weighted by Crippen LogP contribution is 2.35. The molecule has 0 radical (unpaired) electrons. The lowest BCUT2D eigenvalue weighted by Crippen LogP contribution is -2.13. The minimum atomic E-state index is -0.743. The van der Waals surface area contributed by atoms with Gasteiger partial charge in [0.1, 0.15) is 6.42 Å². The van der Waals surface area contributed by atoms with Gasteiger partial charge in [-0.1, -0.05) is 36.4 Å². The van der Waals surface area contributed by atoms with Gasteiger partial charge in [0.2, 0.25) is 0 Å². The van der Waals surface area contributed by atoms with Crippen molar-refractivity contribution in [3.05, 3.63) is 59.7 Å². The van der Waals surface area contributed by atoms with E-state index in [1.54, 1.807) is 36.4 Å². The quantitative estimate of drug-likeness (QED) is 0.365. The zero-order valence-electron chi connectivity index (χ0n) is 10.9. The fourth-order valence-corrected chi connectivity index (χ4v) is 2.05. The van der Waals surface area contributed by atoms with Crippen molar-refractivity contribution in [3.63, 3.8) is 0 Å². The predicted molar refractivity (Wildman–Crippen MR) is 72.2 cm³/mol. The zero-order valence-corrected chi connectivity index (χ0v) is 10.9. The predicted octanol–water partition coefficient (Wildman–Crippen LogP) is 2.13. The van der Waals surface area contributed by atoms with Gasteiger partial charge in [-0.05, 0) is 12.1 Å². The third kappa shape index (κ3) is 2.53. The van der Waals surface area contributed by atoms with Crippen molar-refractivity contribution in [1.82, 2.24) is 0 Å². The smallest absolute Gasteiger partial charge is 0.322 e. The molecule has 5 heteroatoms. The Labute approximate surface area is 120 Å². The first-order valence-electron chi connectivity index (χ1n) is 6.29. The van der Waals surface area contributed by atoms with Crippen LogP contribution in [0.1, 0.15) is 22.3 Å². The van der Waals surface area contributed by atoms with Crippen LogP contribution in [-0.4, -0.2) is 17.7 Å². The number of benzene rings is 2. The maximum atomic E-state index is 12.5. The normalized spacial score (nSPS) is 13.7. The summed E-state index contributed by atoms with van der Waals surface area (Å²) in [4.78, 5) is 35.4. The molecular formula is C16H10O5. The average Bonchev–Trinajstić information content (AvgIpc) is 2.63. The Hall–Kier alpha value is -2.95. The van der Waals surface area contributed by atoms with Gasteiger partial charge in [0, 0.05) is 5.56 Å². The van der Waals surface area contributed by atoms with Gasteiger partial charge in [-0.3, -0.25) is 14.4 Å². The summed E-state index contributed by atoms with van der Waals surface area (Å²) in [6.45, 7) is 0. The van der Waals surface area contributed by atoms with Crippen LogP contribution in [0.25, 0.3) is 0 Å². The number of carbonyl (C=O) groups is 3. The number of ether oxygens (including phenoxy) is 2. The molecule has 2 aromatic carbocycles. The Balaban J connectivity index is 2.09. The molecule has 104 valence electrons. The number of carbonyl (C=O) groups excluding carboxylic acids is 3. The molecule has 0 fully saturated rings. The Morgan fingerprint density at radius 3 is 2.33 bits per heavy atom. The van der Waals surface area contributed by atoms with Gasteiger partial charge in [-0.15, -0.1) is 0 Å². The van der Waals surface area contributed by atoms with Crippen molar-refractivity contribution in [2.75, 3.05) is 0 Å². The SMILES string of the molecule is O=C1CC(=O)Oc2c(cccc2C(=O)c2ccccc2)O1. The van der Waals surface area contributed by atoms with Crippen LogP contribution in [0.2, 0.25) is 0 Å². The Morgan fingerprint density at radius 1 is 0.857 bits per heavy atom.